The number of carbonyl (C=O) groups is 1. The number of ether oxygens (including phenoxy) is 3. The standard InChI is InChI=1S/C19H21N3O6S/c20-29(24,25)14-2-3-16(22-5-7-26-8-6-22)15(10-14)19(23)21-11-13-1-4-17-18(9-13)28-12-27-17/h1-4,9-10H,5-8,11-12H2,(H,21,23)(H2,20,24,25). The smallest absolute Gasteiger partial charge is 0.253 e. The summed E-state index contributed by atoms with van der Waals surface area (Å²) in [6.07, 6.45) is 0. The van der Waals surface area contributed by atoms with Crippen molar-refractivity contribution in [2.24, 2.45) is 5.14 Å². The van der Waals surface area contributed by atoms with Crippen LogP contribution in [0.2, 0.25) is 0 Å². The number of rotatable bonds is 5. The van der Waals surface area contributed by atoms with Gasteiger partial charge in [0.25, 0.3) is 5.91 Å². The summed E-state index contributed by atoms with van der Waals surface area (Å²) in [6.45, 7) is 2.71. The van der Waals surface area contributed by atoms with Crippen LogP contribution in [0.3, 0.4) is 0 Å². The molecule has 0 spiro atoms. The van der Waals surface area contributed by atoms with Gasteiger partial charge >= 0.3 is 0 Å². The lowest BCUT2D eigenvalue weighted by Gasteiger charge is -2.30. The quantitative estimate of drug-likeness (QED) is 0.736. The van der Waals surface area contributed by atoms with Crippen molar-refractivity contribution in [1.82, 2.24) is 5.32 Å². The fraction of sp³-hybridized carbons (Fsp3) is 0.316. The minimum absolute atomic E-state index is 0.109. The van der Waals surface area contributed by atoms with Crippen LogP contribution in [0.4, 0.5) is 5.69 Å². The highest BCUT2D eigenvalue weighted by atomic mass is 32.2. The molecule has 0 bridgehead atoms. The van der Waals surface area contributed by atoms with Gasteiger partial charge in [-0.3, -0.25) is 4.79 Å². The monoisotopic (exact) mass is 419 g/mol. The Balaban J connectivity index is 1.58. The summed E-state index contributed by atoms with van der Waals surface area (Å²) in [5, 5.41) is 8.09. The minimum Gasteiger partial charge on any atom is -0.454 e. The molecule has 1 saturated heterocycles. The molecule has 1 fully saturated rings. The molecular formula is C19H21N3O6S. The molecular weight excluding hydrogens is 398 g/mol. The molecule has 2 heterocycles. The molecule has 1 amide bonds. The molecule has 2 aromatic carbocycles. The maximum atomic E-state index is 12.9. The zero-order valence-electron chi connectivity index (χ0n) is 15.6. The largest absolute Gasteiger partial charge is 0.454 e. The number of hydrogen-bond donors (Lipinski definition) is 2. The molecule has 0 radical (unpaired) electrons. The van der Waals surface area contributed by atoms with Gasteiger partial charge < -0.3 is 24.4 Å². The van der Waals surface area contributed by atoms with Crippen LogP contribution in [0.5, 0.6) is 11.5 Å². The van der Waals surface area contributed by atoms with Gasteiger partial charge in [-0.2, -0.15) is 0 Å². The van der Waals surface area contributed by atoms with E-state index in [1.807, 2.05) is 11.0 Å². The molecule has 2 aliphatic heterocycles. The van der Waals surface area contributed by atoms with E-state index in [9.17, 15) is 13.2 Å². The number of morpholine rings is 1. The van der Waals surface area contributed by atoms with Gasteiger partial charge in [0.2, 0.25) is 16.8 Å². The van der Waals surface area contributed by atoms with E-state index in [1.165, 1.54) is 12.1 Å². The first kappa shape index (κ1) is 19.5. The summed E-state index contributed by atoms with van der Waals surface area (Å²) in [5.41, 5.74) is 1.72. The normalized spacial score (nSPS) is 16.0. The highest BCUT2D eigenvalue weighted by Crippen LogP contribution is 2.32. The van der Waals surface area contributed by atoms with Crippen molar-refractivity contribution in [2.45, 2.75) is 11.4 Å². The molecule has 154 valence electrons. The summed E-state index contributed by atoms with van der Waals surface area (Å²) in [4.78, 5) is 14.8. The maximum Gasteiger partial charge on any atom is 0.253 e. The van der Waals surface area contributed by atoms with Gasteiger partial charge in [0.05, 0.1) is 23.7 Å². The molecule has 2 aliphatic rings. The number of hydrogen-bond acceptors (Lipinski definition) is 7. The van der Waals surface area contributed by atoms with E-state index in [1.54, 1.807) is 18.2 Å². The number of anilines is 1. The van der Waals surface area contributed by atoms with Crippen molar-refractivity contribution in [3.8, 4) is 11.5 Å². The van der Waals surface area contributed by atoms with Crippen molar-refractivity contribution in [3.05, 3.63) is 47.5 Å². The number of sulfonamides is 1. The molecule has 0 unspecified atom stereocenters. The van der Waals surface area contributed by atoms with Crippen LogP contribution < -0.4 is 24.8 Å². The van der Waals surface area contributed by atoms with E-state index < -0.39 is 15.9 Å². The summed E-state index contributed by atoms with van der Waals surface area (Å²) >= 11 is 0. The van der Waals surface area contributed by atoms with Crippen LogP contribution in [0.1, 0.15) is 15.9 Å². The highest BCUT2D eigenvalue weighted by Gasteiger charge is 2.22. The lowest BCUT2D eigenvalue weighted by atomic mass is 10.1. The van der Waals surface area contributed by atoms with Gasteiger partial charge in [-0.1, -0.05) is 6.07 Å². The summed E-state index contributed by atoms with van der Waals surface area (Å²) in [7, 11) is -3.93. The fourth-order valence-electron chi connectivity index (χ4n) is 3.28. The van der Waals surface area contributed by atoms with E-state index in [0.717, 1.165) is 5.56 Å². The number of benzene rings is 2. The molecule has 0 aliphatic carbocycles. The van der Waals surface area contributed by atoms with Crippen molar-refractivity contribution < 1.29 is 27.4 Å². The Morgan fingerprint density at radius 2 is 1.83 bits per heavy atom. The van der Waals surface area contributed by atoms with E-state index >= 15 is 0 Å². The molecule has 9 nitrogen and oxygen atoms in total. The number of nitrogens with two attached hydrogens (primary N) is 1. The van der Waals surface area contributed by atoms with Crippen LogP contribution >= 0.6 is 0 Å². The SMILES string of the molecule is NS(=O)(=O)c1ccc(N2CCOCC2)c(C(=O)NCc2ccc3c(c2)OCO3)c1. The van der Waals surface area contributed by atoms with E-state index in [2.05, 4.69) is 5.32 Å². The zero-order valence-corrected chi connectivity index (χ0v) is 16.4. The Bertz CT molecular complexity index is 1030. The third-order valence-corrected chi connectivity index (χ3v) is 5.69. The Hall–Kier alpha value is -2.82. The van der Waals surface area contributed by atoms with Crippen LogP contribution in [-0.4, -0.2) is 47.4 Å². The first-order chi connectivity index (χ1) is 13.9. The number of nitrogens with one attached hydrogen (secondary N) is 1. The highest BCUT2D eigenvalue weighted by molar-refractivity contribution is 7.89. The van der Waals surface area contributed by atoms with Crippen LogP contribution in [0.25, 0.3) is 0 Å². The first-order valence-corrected chi connectivity index (χ1v) is 10.6. The zero-order chi connectivity index (χ0) is 20.4. The fourth-order valence-corrected chi connectivity index (χ4v) is 3.82. The Morgan fingerprint density at radius 3 is 2.59 bits per heavy atom. The average molecular weight is 419 g/mol. The number of amides is 1. The minimum atomic E-state index is -3.93. The van der Waals surface area contributed by atoms with Gasteiger partial charge in [-0.15, -0.1) is 0 Å². The second kappa shape index (κ2) is 7.90. The Morgan fingerprint density at radius 1 is 1.07 bits per heavy atom. The predicted molar refractivity (Wildman–Crippen MR) is 105 cm³/mol. The van der Waals surface area contributed by atoms with E-state index in [4.69, 9.17) is 19.3 Å². The molecule has 0 saturated carbocycles. The van der Waals surface area contributed by atoms with Crippen molar-refractivity contribution in [3.63, 3.8) is 0 Å². The lowest BCUT2D eigenvalue weighted by molar-refractivity contribution is 0.0949. The Kier molecular flexibility index (Phi) is 5.31. The number of nitrogens with zero attached hydrogens (tertiary/aromatic N) is 1. The average Bonchev–Trinajstić information content (AvgIpc) is 3.19. The maximum absolute atomic E-state index is 12.9. The number of fused-ring (bicyclic) bond motifs is 1. The molecule has 29 heavy (non-hydrogen) atoms. The van der Waals surface area contributed by atoms with Crippen molar-refractivity contribution in [2.75, 3.05) is 38.0 Å². The molecule has 3 N–H and O–H groups in total. The topological polar surface area (TPSA) is 120 Å². The lowest BCUT2D eigenvalue weighted by Crippen LogP contribution is -2.38. The third-order valence-electron chi connectivity index (χ3n) is 4.78. The van der Waals surface area contributed by atoms with Crippen molar-refractivity contribution >= 4 is 21.6 Å². The van der Waals surface area contributed by atoms with Gasteiger partial charge in [-0.25, -0.2) is 13.6 Å². The summed E-state index contributed by atoms with van der Waals surface area (Å²) in [5.74, 6) is 0.896. The molecule has 4 rings (SSSR count). The predicted octanol–water partition coefficient (Wildman–Crippen LogP) is 0.829. The van der Waals surface area contributed by atoms with Crippen LogP contribution in [0, 0.1) is 0 Å². The van der Waals surface area contributed by atoms with Crippen molar-refractivity contribution in [1.29, 1.82) is 0 Å². The summed E-state index contributed by atoms with van der Waals surface area (Å²) in [6, 6.07) is 9.75. The second-order valence-electron chi connectivity index (χ2n) is 6.69. The number of primary sulfonamides is 1. The molecule has 0 atom stereocenters. The number of carbonyl (C=O) groups excluding carboxylic acids is 1. The molecule has 0 aromatic heterocycles. The van der Waals surface area contributed by atoms with Gasteiger partial charge in [0.15, 0.2) is 11.5 Å². The van der Waals surface area contributed by atoms with Gasteiger partial charge in [-0.05, 0) is 35.9 Å². The Labute approximate surface area is 168 Å². The van der Waals surface area contributed by atoms with Crippen LogP contribution in [-0.2, 0) is 21.3 Å². The third kappa shape index (κ3) is 4.29. The van der Waals surface area contributed by atoms with Crippen LogP contribution in [0.15, 0.2) is 41.3 Å². The first-order valence-electron chi connectivity index (χ1n) is 9.08. The van der Waals surface area contributed by atoms with Gasteiger partial charge in [0, 0.05) is 25.3 Å². The molecule has 10 heteroatoms. The van der Waals surface area contributed by atoms with E-state index in [-0.39, 0.29) is 23.8 Å². The van der Waals surface area contributed by atoms with Gasteiger partial charge in [0.1, 0.15) is 0 Å². The second-order valence-corrected chi connectivity index (χ2v) is 8.26. The summed E-state index contributed by atoms with van der Waals surface area (Å²) < 4.78 is 39.5. The van der Waals surface area contributed by atoms with E-state index in [0.29, 0.717) is 43.5 Å². The molecule has 2 aromatic rings.